The van der Waals surface area contributed by atoms with Gasteiger partial charge in [-0.3, -0.25) is 4.79 Å². The molecule has 1 aromatic carbocycles. The Balaban J connectivity index is 2.07. The van der Waals surface area contributed by atoms with Crippen molar-refractivity contribution >= 4 is 11.6 Å². The minimum absolute atomic E-state index is 0.0789. The number of nitrogens with one attached hydrogen (secondary N) is 1. The number of rotatable bonds is 4. The minimum Gasteiger partial charge on any atom is -0.369 e. The van der Waals surface area contributed by atoms with Gasteiger partial charge in [-0.1, -0.05) is 31.5 Å². The summed E-state index contributed by atoms with van der Waals surface area (Å²) in [5, 5.41) is 3.09. The fourth-order valence-corrected chi connectivity index (χ4v) is 3.06. The van der Waals surface area contributed by atoms with E-state index in [0.29, 0.717) is 5.92 Å². The average molecular weight is 260 g/mol. The number of carbonyl (C=O) groups is 1. The van der Waals surface area contributed by atoms with Gasteiger partial charge in [0.2, 0.25) is 5.91 Å². The fourth-order valence-electron chi connectivity index (χ4n) is 3.06. The zero-order valence-electron chi connectivity index (χ0n) is 11.9. The maximum atomic E-state index is 11.3. The van der Waals surface area contributed by atoms with Crippen LogP contribution in [0, 0.1) is 5.92 Å². The van der Waals surface area contributed by atoms with Gasteiger partial charge in [-0.15, -0.1) is 0 Å². The molecule has 0 spiro atoms. The van der Waals surface area contributed by atoms with Crippen LogP contribution in [0.5, 0.6) is 0 Å². The highest BCUT2D eigenvalue weighted by atomic mass is 16.1. The second-order valence-electron chi connectivity index (χ2n) is 5.53. The number of piperidine rings is 1. The zero-order valence-corrected chi connectivity index (χ0v) is 11.9. The van der Waals surface area contributed by atoms with Crippen molar-refractivity contribution in [2.24, 2.45) is 5.92 Å². The highest BCUT2D eigenvalue weighted by molar-refractivity contribution is 5.73. The average Bonchev–Trinajstić information content (AvgIpc) is 2.39. The third kappa shape index (κ3) is 3.98. The van der Waals surface area contributed by atoms with Gasteiger partial charge in [0.05, 0.1) is 0 Å². The van der Waals surface area contributed by atoms with Crippen molar-refractivity contribution in [3.05, 3.63) is 30.3 Å². The second-order valence-corrected chi connectivity index (χ2v) is 5.53. The number of nitrogens with zero attached hydrogens (tertiary/aromatic N) is 1. The van der Waals surface area contributed by atoms with E-state index >= 15 is 0 Å². The standard InChI is InChI=1S/C16H24N2O/c1-3-7-14-10-15(17-13(2)19)12-18(11-14)16-8-5-4-6-9-16/h4-6,8-9,14-15H,3,7,10-12H2,1-2H3,(H,17,19). The first kappa shape index (κ1) is 13.9. The van der Waals surface area contributed by atoms with Gasteiger partial charge in [0.1, 0.15) is 0 Å². The van der Waals surface area contributed by atoms with Crippen LogP contribution >= 0.6 is 0 Å². The van der Waals surface area contributed by atoms with Crippen LogP contribution in [0.1, 0.15) is 33.1 Å². The molecule has 1 fully saturated rings. The molecule has 104 valence electrons. The summed E-state index contributed by atoms with van der Waals surface area (Å²) in [6.07, 6.45) is 3.55. The lowest BCUT2D eigenvalue weighted by atomic mass is 9.90. The Morgan fingerprint density at radius 3 is 2.68 bits per heavy atom. The Morgan fingerprint density at radius 2 is 2.05 bits per heavy atom. The van der Waals surface area contributed by atoms with E-state index in [1.54, 1.807) is 6.92 Å². The Kier molecular flexibility index (Phi) is 4.83. The molecule has 0 bridgehead atoms. The number of anilines is 1. The number of hydrogen-bond acceptors (Lipinski definition) is 2. The molecular formula is C16H24N2O. The quantitative estimate of drug-likeness (QED) is 0.903. The highest BCUT2D eigenvalue weighted by Gasteiger charge is 2.27. The molecule has 1 amide bonds. The van der Waals surface area contributed by atoms with Crippen molar-refractivity contribution in [3.8, 4) is 0 Å². The Bertz CT molecular complexity index is 404. The van der Waals surface area contributed by atoms with E-state index in [2.05, 4.69) is 41.4 Å². The maximum Gasteiger partial charge on any atom is 0.217 e. The molecule has 3 nitrogen and oxygen atoms in total. The third-order valence-corrected chi connectivity index (χ3v) is 3.76. The van der Waals surface area contributed by atoms with E-state index in [1.165, 1.54) is 18.5 Å². The molecule has 3 heteroatoms. The molecule has 2 unspecified atom stereocenters. The summed E-state index contributed by atoms with van der Waals surface area (Å²) < 4.78 is 0. The third-order valence-electron chi connectivity index (χ3n) is 3.76. The van der Waals surface area contributed by atoms with Gasteiger partial charge in [-0.25, -0.2) is 0 Å². The predicted octanol–water partition coefficient (Wildman–Crippen LogP) is 2.82. The van der Waals surface area contributed by atoms with Crippen molar-refractivity contribution in [1.29, 1.82) is 0 Å². The van der Waals surface area contributed by atoms with Crippen LogP contribution < -0.4 is 10.2 Å². The van der Waals surface area contributed by atoms with Crippen LogP contribution in [0.25, 0.3) is 0 Å². The van der Waals surface area contributed by atoms with E-state index in [9.17, 15) is 4.79 Å². The van der Waals surface area contributed by atoms with Crippen molar-refractivity contribution in [2.75, 3.05) is 18.0 Å². The van der Waals surface area contributed by atoms with E-state index in [1.807, 2.05) is 6.07 Å². The molecule has 1 aliphatic rings. The molecule has 1 aromatic rings. The van der Waals surface area contributed by atoms with E-state index < -0.39 is 0 Å². The number of amides is 1. The molecule has 1 saturated heterocycles. The zero-order chi connectivity index (χ0) is 13.7. The van der Waals surface area contributed by atoms with Gasteiger partial charge in [0.15, 0.2) is 0 Å². The smallest absolute Gasteiger partial charge is 0.217 e. The summed E-state index contributed by atoms with van der Waals surface area (Å²) in [5.74, 6) is 0.756. The maximum absolute atomic E-state index is 11.3. The van der Waals surface area contributed by atoms with Crippen LogP contribution in [-0.4, -0.2) is 25.0 Å². The Labute approximate surface area is 116 Å². The summed E-state index contributed by atoms with van der Waals surface area (Å²) in [5.41, 5.74) is 1.26. The number of benzene rings is 1. The summed E-state index contributed by atoms with van der Waals surface area (Å²) in [7, 11) is 0. The SMILES string of the molecule is CCCC1CC(NC(C)=O)CN(c2ccccc2)C1. The Morgan fingerprint density at radius 1 is 1.32 bits per heavy atom. The number of hydrogen-bond donors (Lipinski definition) is 1. The number of carbonyl (C=O) groups excluding carboxylic acids is 1. The summed E-state index contributed by atoms with van der Waals surface area (Å²) in [4.78, 5) is 13.7. The van der Waals surface area contributed by atoms with Crippen LogP contribution in [0.15, 0.2) is 30.3 Å². The molecule has 0 saturated carbocycles. The lowest BCUT2D eigenvalue weighted by Gasteiger charge is -2.39. The van der Waals surface area contributed by atoms with Crippen molar-refractivity contribution in [2.45, 2.75) is 39.2 Å². The minimum atomic E-state index is 0.0789. The first-order valence-electron chi connectivity index (χ1n) is 7.26. The summed E-state index contributed by atoms with van der Waals surface area (Å²) in [6, 6.07) is 10.8. The molecule has 0 aliphatic carbocycles. The van der Waals surface area contributed by atoms with Gasteiger partial charge in [-0.2, -0.15) is 0 Å². The van der Waals surface area contributed by atoms with E-state index in [0.717, 1.165) is 19.5 Å². The van der Waals surface area contributed by atoms with Crippen LogP contribution in [0.4, 0.5) is 5.69 Å². The first-order chi connectivity index (χ1) is 9.19. The molecule has 1 heterocycles. The van der Waals surface area contributed by atoms with Gasteiger partial charge >= 0.3 is 0 Å². The van der Waals surface area contributed by atoms with E-state index in [-0.39, 0.29) is 11.9 Å². The van der Waals surface area contributed by atoms with E-state index in [4.69, 9.17) is 0 Å². The van der Waals surface area contributed by atoms with Crippen molar-refractivity contribution in [3.63, 3.8) is 0 Å². The lowest BCUT2D eigenvalue weighted by molar-refractivity contribution is -0.119. The summed E-state index contributed by atoms with van der Waals surface area (Å²) >= 11 is 0. The highest BCUT2D eigenvalue weighted by Crippen LogP contribution is 2.25. The Hall–Kier alpha value is -1.51. The van der Waals surface area contributed by atoms with Gasteiger partial charge in [-0.05, 0) is 30.9 Å². The molecule has 0 aromatic heterocycles. The molecule has 19 heavy (non-hydrogen) atoms. The van der Waals surface area contributed by atoms with Crippen molar-refractivity contribution in [1.82, 2.24) is 5.32 Å². The fraction of sp³-hybridized carbons (Fsp3) is 0.562. The molecule has 1 N–H and O–H groups in total. The second kappa shape index (κ2) is 6.60. The number of para-hydroxylation sites is 1. The molecule has 2 rings (SSSR count). The van der Waals surface area contributed by atoms with Gasteiger partial charge in [0, 0.05) is 31.7 Å². The predicted molar refractivity (Wildman–Crippen MR) is 79.3 cm³/mol. The van der Waals surface area contributed by atoms with Crippen LogP contribution in [0.2, 0.25) is 0 Å². The topological polar surface area (TPSA) is 32.3 Å². The van der Waals surface area contributed by atoms with Crippen LogP contribution in [0.3, 0.4) is 0 Å². The molecule has 2 atom stereocenters. The van der Waals surface area contributed by atoms with Gasteiger partial charge in [0.25, 0.3) is 0 Å². The summed E-state index contributed by atoms with van der Waals surface area (Å²) in [6.45, 7) is 5.86. The molecular weight excluding hydrogens is 236 g/mol. The molecule has 0 radical (unpaired) electrons. The first-order valence-corrected chi connectivity index (χ1v) is 7.26. The molecule has 1 aliphatic heterocycles. The van der Waals surface area contributed by atoms with Crippen molar-refractivity contribution < 1.29 is 4.79 Å². The normalized spacial score (nSPS) is 23.2. The largest absolute Gasteiger partial charge is 0.369 e. The monoisotopic (exact) mass is 260 g/mol. The lowest BCUT2D eigenvalue weighted by Crippen LogP contribution is -2.50. The van der Waals surface area contributed by atoms with Crippen LogP contribution in [-0.2, 0) is 4.79 Å². The van der Waals surface area contributed by atoms with Gasteiger partial charge < -0.3 is 10.2 Å².